The molecule has 5 rings (SSSR count). The third-order valence-corrected chi connectivity index (χ3v) is 5.98. The Kier molecular flexibility index (Phi) is 4.73. The van der Waals surface area contributed by atoms with Crippen molar-refractivity contribution < 1.29 is 13.9 Å². The molecule has 0 amide bonds. The van der Waals surface area contributed by atoms with Crippen LogP contribution in [0.2, 0.25) is 5.02 Å². The number of fused-ring (bicyclic) bond motifs is 2. The largest absolute Gasteiger partial charge is 0.389 e. The number of pyridine rings is 1. The van der Waals surface area contributed by atoms with E-state index in [-0.39, 0.29) is 11.2 Å². The molecule has 0 saturated carbocycles. The van der Waals surface area contributed by atoms with Crippen molar-refractivity contribution in [3.8, 4) is 17.2 Å². The number of nitriles is 1. The van der Waals surface area contributed by atoms with Crippen molar-refractivity contribution in [1.82, 2.24) is 19.6 Å². The van der Waals surface area contributed by atoms with Gasteiger partial charge in [-0.15, -0.1) is 0 Å². The summed E-state index contributed by atoms with van der Waals surface area (Å²) in [7, 11) is 0. The van der Waals surface area contributed by atoms with Gasteiger partial charge in [0, 0.05) is 46.5 Å². The minimum Gasteiger partial charge on any atom is -0.389 e. The third-order valence-electron chi connectivity index (χ3n) is 5.75. The molecule has 0 unspecified atom stereocenters. The monoisotopic (exact) mass is 454 g/mol. The number of aromatic nitrogens is 4. The van der Waals surface area contributed by atoms with Gasteiger partial charge in [0.25, 0.3) is 6.43 Å². The molecule has 1 N–H and O–H groups in total. The summed E-state index contributed by atoms with van der Waals surface area (Å²) in [5.41, 5.74) is 1.91. The first kappa shape index (κ1) is 20.5. The maximum Gasteiger partial charge on any atom is 0.283 e. The molecule has 3 aromatic heterocycles. The molecule has 10 heteroatoms. The molecular weight excluding hydrogens is 438 g/mol. The van der Waals surface area contributed by atoms with E-state index >= 15 is 0 Å². The van der Waals surface area contributed by atoms with Crippen LogP contribution in [-0.2, 0) is 0 Å². The number of hydrogen-bond donors (Lipinski definition) is 1. The lowest BCUT2D eigenvalue weighted by atomic mass is 9.97. The van der Waals surface area contributed by atoms with Crippen LogP contribution in [0.4, 0.5) is 14.6 Å². The van der Waals surface area contributed by atoms with Gasteiger partial charge in [-0.05, 0) is 31.4 Å². The lowest BCUT2D eigenvalue weighted by molar-refractivity contribution is 0.140. The molecule has 0 spiro atoms. The van der Waals surface area contributed by atoms with Crippen molar-refractivity contribution in [3.63, 3.8) is 0 Å². The molecule has 162 valence electrons. The Morgan fingerprint density at radius 2 is 1.97 bits per heavy atom. The maximum atomic E-state index is 13.6. The van der Waals surface area contributed by atoms with E-state index < -0.39 is 18.2 Å². The number of benzene rings is 1. The molecule has 1 saturated heterocycles. The first-order valence-electron chi connectivity index (χ1n) is 9.90. The Morgan fingerprint density at radius 1 is 1.22 bits per heavy atom. The normalized spacial score (nSPS) is 14.4. The second-order valence-electron chi connectivity index (χ2n) is 7.81. The van der Waals surface area contributed by atoms with Crippen LogP contribution in [0.1, 0.15) is 29.1 Å². The molecule has 1 aliphatic rings. The molecule has 0 aliphatic carbocycles. The van der Waals surface area contributed by atoms with E-state index in [1.54, 1.807) is 19.2 Å². The predicted molar refractivity (Wildman–Crippen MR) is 116 cm³/mol. The highest BCUT2D eigenvalue weighted by Crippen LogP contribution is 2.41. The van der Waals surface area contributed by atoms with Gasteiger partial charge in [0.1, 0.15) is 23.1 Å². The van der Waals surface area contributed by atoms with Gasteiger partial charge in [0.2, 0.25) is 0 Å². The van der Waals surface area contributed by atoms with Crippen LogP contribution >= 0.6 is 11.6 Å². The highest BCUT2D eigenvalue weighted by Gasteiger charge is 2.33. The third kappa shape index (κ3) is 2.98. The molecular formula is C22H17ClF2N6O. The van der Waals surface area contributed by atoms with Gasteiger partial charge >= 0.3 is 0 Å². The fraction of sp³-hybridized carbons (Fsp3) is 0.273. The van der Waals surface area contributed by atoms with Gasteiger partial charge in [-0.1, -0.05) is 17.7 Å². The Bertz CT molecular complexity index is 1440. The summed E-state index contributed by atoms with van der Waals surface area (Å²) in [5, 5.41) is 25.8. The lowest BCUT2D eigenvalue weighted by Crippen LogP contribution is -2.51. The topological polar surface area (TPSA) is 90.3 Å². The van der Waals surface area contributed by atoms with Gasteiger partial charge in [0.05, 0.1) is 11.8 Å². The predicted octanol–water partition coefficient (Wildman–Crippen LogP) is 4.20. The van der Waals surface area contributed by atoms with E-state index in [4.69, 9.17) is 11.6 Å². The first-order chi connectivity index (χ1) is 15.3. The summed E-state index contributed by atoms with van der Waals surface area (Å²) in [6.45, 7) is 4.25. The summed E-state index contributed by atoms with van der Waals surface area (Å²) in [6, 6.07) is 7.31. The number of aryl methyl sites for hydroxylation is 2. The lowest BCUT2D eigenvalue weighted by Gasteiger charge is -2.39. The van der Waals surface area contributed by atoms with E-state index in [2.05, 4.69) is 15.1 Å². The van der Waals surface area contributed by atoms with Crippen LogP contribution in [0.3, 0.4) is 0 Å². The van der Waals surface area contributed by atoms with Crippen molar-refractivity contribution in [3.05, 3.63) is 52.1 Å². The minimum atomic E-state index is -2.92. The smallest absolute Gasteiger partial charge is 0.283 e. The van der Waals surface area contributed by atoms with Gasteiger partial charge in [-0.3, -0.25) is 4.98 Å². The van der Waals surface area contributed by atoms with Gasteiger partial charge in [-0.25, -0.2) is 13.8 Å². The summed E-state index contributed by atoms with van der Waals surface area (Å²) in [6.07, 6.45) is -1.75. The van der Waals surface area contributed by atoms with E-state index in [1.165, 1.54) is 4.52 Å². The summed E-state index contributed by atoms with van der Waals surface area (Å²) in [4.78, 5) is 10.9. The fourth-order valence-corrected chi connectivity index (χ4v) is 4.38. The number of halogens is 3. The SMILES string of the molecule is Cc1nc2c(C#N)c(C(F)F)nn2c(N2CC(O)C2)c1-c1cnc(C)c2cc(Cl)ccc12. The molecule has 1 fully saturated rings. The number of alkyl halides is 2. The number of aliphatic hydroxyl groups is 1. The zero-order valence-corrected chi connectivity index (χ0v) is 17.9. The zero-order valence-electron chi connectivity index (χ0n) is 17.1. The standard InChI is InChI=1S/C22H17ClF2N6O/c1-10-15-5-12(23)3-4-14(15)17(7-27-10)18-11(2)28-21-16(6-26)19(20(24)25)29-31(21)22(18)30-8-13(32)9-30/h3-5,7,13,20,32H,8-9H2,1-2H3. The number of hydrogen-bond acceptors (Lipinski definition) is 6. The minimum absolute atomic E-state index is 0.0628. The van der Waals surface area contributed by atoms with Crippen LogP contribution in [0.25, 0.3) is 27.5 Å². The summed E-state index contributed by atoms with van der Waals surface area (Å²) in [5.74, 6) is 0.489. The number of nitrogens with zero attached hydrogens (tertiary/aromatic N) is 6. The number of rotatable bonds is 3. The maximum absolute atomic E-state index is 13.6. The molecule has 4 heterocycles. The van der Waals surface area contributed by atoms with Crippen molar-refractivity contribution in [2.24, 2.45) is 0 Å². The Labute approximate surface area is 186 Å². The molecule has 1 aliphatic heterocycles. The highest BCUT2D eigenvalue weighted by molar-refractivity contribution is 6.31. The van der Waals surface area contributed by atoms with E-state index in [0.717, 1.165) is 22.0 Å². The van der Waals surface area contributed by atoms with Gasteiger partial charge < -0.3 is 10.0 Å². The molecule has 0 atom stereocenters. The van der Waals surface area contributed by atoms with E-state index in [1.807, 2.05) is 30.0 Å². The zero-order chi connectivity index (χ0) is 22.7. The first-order valence-corrected chi connectivity index (χ1v) is 10.3. The van der Waals surface area contributed by atoms with Crippen molar-refractivity contribution in [1.29, 1.82) is 5.26 Å². The summed E-state index contributed by atoms with van der Waals surface area (Å²) < 4.78 is 28.5. The number of aliphatic hydroxyl groups excluding tert-OH is 1. The van der Waals surface area contributed by atoms with E-state index in [0.29, 0.717) is 35.2 Å². The van der Waals surface area contributed by atoms with Crippen LogP contribution in [-0.4, -0.2) is 43.9 Å². The molecule has 0 bridgehead atoms. The van der Waals surface area contributed by atoms with Crippen LogP contribution in [0, 0.1) is 25.2 Å². The van der Waals surface area contributed by atoms with Gasteiger partial charge in [-0.2, -0.15) is 14.9 Å². The molecule has 32 heavy (non-hydrogen) atoms. The second-order valence-corrected chi connectivity index (χ2v) is 8.25. The Morgan fingerprint density at radius 3 is 2.62 bits per heavy atom. The van der Waals surface area contributed by atoms with Crippen LogP contribution in [0.5, 0.6) is 0 Å². The fourth-order valence-electron chi connectivity index (χ4n) is 4.20. The number of anilines is 1. The molecule has 0 radical (unpaired) electrons. The average Bonchev–Trinajstić information content (AvgIpc) is 3.10. The Balaban J connectivity index is 1.90. The Hall–Kier alpha value is -3.35. The van der Waals surface area contributed by atoms with Crippen LogP contribution in [0.15, 0.2) is 24.4 Å². The van der Waals surface area contributed by atoms with E-state index in [9.17, 15) is 19.1 Å². The van der Waals surface area contributed by atoms with Crippen molar-refractivity contribution in [2.75, 3.05) is 18.0 Å². The van der Waals surface area contributed by atoms with Crippen molar-refractivity contribution >= 4 is 33.8 Å². The molecule has 7 nitrogen and oxygen atoms in total. The van der Waals surface area contributed by atoms with Gasteiger partial charge in [0.15, 0.2) is 5.65 Å². The molecule has 4 aromatic rings. The summed E-state index contributed by atoms with van der Waals surface area (Å²) >= 11 is 6.20. The van der Waals surface area contributed by atoms with Crippen molar-refractivity contribution in [2.45, 2.75) is 26.4 Å². The number of β-amino-alcohol motifs (C(OH)–C–C–N with tert-alkyl or cyclic N) is 1. The highest BCUT2D eigenvalue weighted by atomic mass is 35.5. The average molecular weight is 455 g/mol. The quantitative estimate of drug-likeness (QED) is 0.499. The second kappa shape index (κ2) is 7.36. The van der Waals surface area contributed by atoms with Crippen LogP contribution < -0.4 is 4.90 Å². The molecule has 1 aromatic carbocycles.